The van der Waals surface area contributed by atoms with E-state index < -0.39 is 0 Å². The van der Waals surface area contributed by atoms with Gasteiger partial charge < -0.3 is 4.74 Å². The highest BCUT2D eigenvalue weighted by molar-refractivity contribution is 6.08. The monoisotopic (exact) mass is 405 g/mol. The molecule has 4 aromatic heterocycles. The SMILES string of the molecule is COc1ccc(-c2c(C#N)c3nc4ccccc4n3c3ncn4nc(C)nc4c23)cc1. The van der Waals surface area contributed by atoms with Crippen LogP contribution in [0.5, 0.6) is 5.75 Å². The molecule has 0 fully saturated rings. The molecule has 0 atom stereocenters. The number of rotatable bonds is 2. The van der Waals surface area contributed by atoms with Crippen LogP contribution in [0.2, 0.25) is 0 Å². The van der Waals surface area contributed by atoms with E-state index in [2.05, 4.69) is 16.2 Å². The molecule has 0 unspecified atom stereocenters. The summed E-state index contributed by atoms with van der Waals surface area (Å²) in [5.74, 6) is 1.37. The Morgan fingerprint density at radius 2 is 1.77 bits per heavy atom. The van der Waals surface area contributed by atoms with E-state index in [1.54, 1.807) is 18.0 Å². The lowest BCUT2D eigenvalue weighted by Gasteiger charge is -2.13. The minimum atomic E-state index is 0.462. The summed E-state index contributed by atoms with van der Waals surface area (Å²) in [6.45, 7) is 1.84. The van der Waals surface area contributed by atoms with Gasteiger partial charge in [0.25, 0.3) is 0 Å². The standard InChI is InChI=1S/C23H15N7O/c1-13-26-23-20-19(14-7-9-15(31-2)10-8-14)16(11-24)21-27-17-5-3-4-6-18(17)30(21)22(20)25-12-29(23)28-13/h3-10,12H,1-2H3. The third-order valence-electron chi connectivity index (χ3n) is 5.46. The first kappa shape index (κ1) is 17.4. The summed E-state index contributed by atoms with van der Waals surface area (Å²) in [6.07, 6.45) is 1.65. The molecule has 6 aromatic rings. The van der Waals surface area contributed by atoms with Crippen molar-refractivity contribution >= 4 is 33.4 Å². The van der Waals surface area contributed by atoms with Gasteiger partial charge in [-0.15, -0.1) is 0 Å². The van der Waals surface area contributed by atoms with Crippen LogP contribution in [0.4, 0.5) is 0 Å². The lowest BCUT2D eigenvalue weighted by atomic mass is 9.98. The van der Waals surface area contributed by atoms with E-state index in [0.29, 0.717) is 28.3 Å². The van der Waals surface area contributed by atoms with Gasteiger partial charge in [0, 0.05) is 5.56 Å². The van der Waals surface area contributed by atoms with Crippen LogP contribution in [0, 0.1) is 18.3 Å². The zero-order valence-corrected chi connectivity index (χ0v) is 16.7. The van der Waals surface area contributed by atoms with Crippen LogP contribution in [0.1, 0.15) is 11.4 Å². The van der Waals surface area contributed by atoms with Gasteiger partial charge in [-0.1, -0.05) is 24.3 Å². The van der Waals surface area contributed by atoms with Crippen LogP contribution >= 0.6 is 0 Å². The van der Waals surface area contributed by atoms with Crippen molar-refractivity contribution in [3.05, 3.63) is 66.2 Å². The fraction of sp³-hybridized carbons (Fsp3) is 0.0870. The fourth-order valence-corrected chi connectivity index (χ4v) is 4.15. The Labute approximate surface area is 176 Å². The molecule has 0 aliphatic heterocycles. The number of benzene rings is 2. The molecule has 0 radical (unpaired) electrons. The Morgan fingerprint density at radius 1 is 0.968 bits per heavy atom. The number of hydrogen-bond acceptors (Lipinski definition) is 6. The van der Waals surface area contributed by atoms with Crippen molar-refractivity contribution in [2.75, 3.05) is 7.11 Å². The molecule has 8 nitrogen and oxygen atoms in total. The molecular weight excluding hydrogens is 390 g/mol. The third-order valence-corrected chi connectivity index (χ3v) is 5.46. The second kappa shape index (κ2) is 6.24. The zero-order chi connectivity index (χ0) is 21.1. The summed E-state index contributed by atoms with van der Waals surface area (Å²) in [6, 6.07) is 17.8. The van der Waals surface area contributed by atoms with Gasteiger partial charge in [-0.25, -0.2) is 19.5 Å². The number of ether oxygens (including phenoxy) is 1. The summed E-state index contributed by atoms with van der Waals surface area (Å²) in [5, 5.41) is 15.4. The average Bonchev–Trinajstić information content (AvgIpc) is 3.38. The summed E-state index contributed by atoms with van der Waals surface area (Å²) < 4.78 is 8.89. The predicted molar refractivity (Wildman–Crippen MR) is 116 cm³/mol. The van der Waals surface area contributed by atoms with Gasteiger partial charge in [-0.05, 0) is 36.8 Å². The Kier molecular flexibility index (Phi) is 3.49. The minimum Gasteiger partial charge on any atom is -0.497 e. The quantitative estimate of drug-likeness (QED) is 0.433. The number of nitriles is 1. The lowest BCUT2D eigenvalue weighted by molar-refractivity contribution is 0.415. The number of pyridine rings is 1. The van der Waals surface area contributed by atoms with Crippen molar-refractivity contribution < 1.29 is 4.74 Å². The molecule has 2 aromatic carbocycles. The van der Waals surface area contributed by atoms with Gasteiger partial charge in [0.1, 0.15) is 29.5 Å². The van der Waals surface area contributed by atoms with Crippen molar-refractivity contribution in [2.24, 2.45) is 0 Å². The van der Waals surface area contributed by atoms with E-state index in [9.17, 15) is 5.26 Å². The number of aromatic nitrogens is 6. The lowest BCUT2D eigenvalue weighted by Crippen LogP contribution is -2.02. The molecule has 6 rings (SSSR count). The van der Waals surface area contributed by atoms with E-state index in [1.807, 2.05) is 59.9 Å². The number of methoxy groups -OCH3 is 1. The van der Waals surface area contributed by atoms with Crippen LogP contribution < -0.4 is 4.74 Å². The van der Waals surface area contributed by atoms with Crippen molar-refractivity contribution in [2.45, 2.75) is 6.92 Å². The number of hydrogen-bond donors (Lipinski definition) is 0. The maximum absolute atomic E-state index is 10.2. The maximum atomic E-state index is 10.2. The van der Waals surface area contributed by atoms with Crippen molar-refractivity contribution in [3.8, 4) is 22.9 Å². The van der Waals surface area contributed by atoms with Crippen molar-refractivity contribution in [1.82, 2.24) is 29.0 Å². The summed E-state index contributed by atoms with van der Waals surface area (Å²) in [4.78, 5) is 14.1. The Bertz CT molecular complexity index is 1690. The zero-order valence-electron chi connectivity index (χ0n) is 16.7. The van der Waals surface area contributed by atoms with Crippen LogP contribution in [-0.4, -0.2) is 36.1 Å². The minimum absolute atomic E-state index is 0.462. The normalized spacial score (nSPS) is 11.5. The van der Waals surface area contributed by atoms with E-state index >= 15 is 0 Å². The molecule has 0 N–H and O–H groups in total. The summed E-state index contributed by atoms with van der Waals surface area (Å²) >= 11 is 0. The molecule has 0 spiro atoms. The Hall–Kier alpha value is -4.51. The largest absolute Gasteiger partial charge is 0.497 e. The molecule has 148 valence electrons. The summed E-state index contributed by atoms with van der Waals surface area (Å²) in [5.41, 5.74) is 5.61. The van der Waals surface area contributed by atoms with Crippen LogP contribution in [0.25, 0.3) is 44.5 Å². The van der Waals surface area contributed by atoms with E-state index in [4.69, 9.17) is 14.7 Å². The smallest absolute Gasteiger partial charge is 0.169 e. The van der Waals surface area contributed by atoms with Gasteiger partial charge >= 0.3 is 0 Å². The Morgan fingerprint density at radius 3 is 2.55 bits per heavy atom. The molecule has 4 heterocycles. The van der Waals surface area contributed by atoms with E-state index in [0.717, 1.165) is 33.3 Å². The molecule has 31 heavy (non-hydrogen) atoms. The van der Waals surface area contributed by atoms with Gasteiger partial charge in [0.05, 0.1) is 23.5 Å². The first-order valence-electron chi connectivity index (χ1n) is 9.69. The topological polar surface area (TPSA) is 93.4 Å². The van der Waals surface area contributed by atoms with Gasteiger partial charge in [-0.2, -0.15) is 10.4 Å². The van der Waals surface area contributed by atoms with Crippen LogP contribution in [-0.2, 0) is 0 Å². The van der Waals surface area contributed by atoms with Crippen molar-refractivity contribution in [1.29, 1.82) is 5.26 Å². The number of fused-ring (bicyclic) bond motifs is 7. The average molecular weight is 405 g/mol. The first-order chi connectivity index (χ1) is 15.2. The molecule has 8 heteroatoms. The predicted octanol–water partition coefficient (Wildman–Crippen LogP) is 3.93. The van der Waals surface area contributed by atoms with Crippen LogP contribution in [0.15, 0.2) is 54.9 Å². The van der Waals surface area contributed by atoms with E-state index in [1.165, 1.54) is 0 Å². The van der Waals surface area contributed by atoms with Gasteiger partial charge in [0.2, 0.25) is 0 Å². The first-order valence-corrected chi connectivity index (χ1v) is 9.69. The molecule has 0 aliphatic carbocycles. The highest BCUT2D eigenvalue weighted by Crippen LogP contribution is 2.37. The van der Waals surface area contributed by atoms with Gasteiger partial charge in [-0.3, -0.25) is 4.40 Å². The fourth-order valence-electron chi connectivity index (χ4n) is 4.15. The van der Waals surface area contributed by atoms with E-state index in [-0.39, 0.29) is 0 Å². The van der Waals surface area contributed by atoms with Crippen LogP contribution in [0.3, 0.4) is 0 Å². The van der Waals surface area contributed by atoms with Crippen molar-refractivity contribution in [3.63, 3.8) is 0 Å². The molecule has 0 aliphatic rings. The van der Waals surface area contributed by atoms with Gasteiger partial charge in [0.15, 0.2) is 16.9 Å². The molecule has 0 saturated heterocycles. The maximum Gasteiger partial charge on any atom is 0.169 e. The highest BCUT2D eigenvalue weighted by Gasteiger charge is 2.23. The number of imidazole rings is 1. The number of para-hydroxylation sites is 2. The highest BCUT2D eigenvalue weighted by atomic mass is 16.5. The molecular formula is C23H15N7O. The Balaban J connectivity index is 1.91. The molecule has 0 amide bonds. The third kappa shape index (κ3) is 2.34. The summed E-state index contributed by atoms with van der Waals surface area (Å²) in [7, 11) is 1.62. The second-order valence-electron chi connectivity index (χ2n) is 7.22. The number of nitrogens with zero attached hydrogens (tertiary/aromatic N) is 7. The number of aryl methyl sites for hydroxylation is 1. The second-order valence-corrected chi connectivity index (χ2v) is 7.22. The molecule has 0 bridgehead atoms. The molecule has 0 saturated carbocycles.